The molecule has 0 bridgehead atoms. The third kappa shape index (κ3) is 3.05. The molecule has 3 heteroatoms. The lowest BCUT2D eigenvalue weighted by molar-refractivity contribution is -0.142. The number of aromatic nitrogens is 1. The second-order valence-electron chi connectivity index (χ2n) is 3.62. The first-order chi connectivity index (χ1) is 7.04. The summed E-state index contributed by atoms with van der Waals surface area (Å²) in [5.74, 6) is -0.215. The molecule has 0 fully saturated rings. The fraction of sp³-hybridized carbons (Fsp3) is 0.500. The first kappa shape index (κ1) is 11.7. The fourth-order valence-corrected chi connectivity index (χ4v) is 1.43. The molecule has 0 unspecified atom stereocenters. The summed E-state index contributed by atoms with van der Waals surface area (Å²) in [7, 11) is 0. The van der Waals surface area contributed by atoms with Crippen molar-refractivity contribution >= 4 is 5.97 Å². The minimum Gasteiger partial charge on any atom is -0.466 e. The van der Waals surface area contributed by atoms with Crippen LogP contribution in [0.25, 0.3) is 0 Å². The maximum absolute atomic E-state index is 11.3. The van der Waals surface area contributed by atoms with Crippen LogP contribution in [-0.2, 0) is 16.0 Å². The van der Waals surface area contributed by atoms with Crippen molar-refractivity contribution in [1.82, 2.24) is 4.98 Å². The number of hydrogen-bond acceptors (Lipinski definition) is 3. The zero-order valence-corrected chi connectivity index (χ0v) is 9.76. The minimum absolute atomic E-state index is 0.215. The molecule has 0 aliphatic rings. The number of rotatable bonds is 3. The van der Waals surface area contributed by atoms with Crippen LogP contribution >= 0.6 is 0 Å². The Hall–Kier alpha value is -1.38. The van der Waals surface area contributed by atoms with E-state index >= 15 is 0 Å². The largest absolute Gasteiger partial charge is 0.466 e. The van der Waals surface area contributed by atoms with Gasteiger partial charge < -0.3 is 4.74 Å². The van der Waals surface area contributed by atoms with Crippen molar-refractivity contribution in [3.05, 3.63) is 28.6 Å². The van der Waals surface area contributed by atoms with Gasteiger partial charge in [0, 0.05) is 5.69 Å². The average Bonchev–Trinajstić information content (AvgIpc) is 2.14. The lowest BCUT2D eigenvalue weighted by atomic mass is 10.1. The first-order valence-electron chi connectivity index (χ1n) is 5.14. The van der Waals surface area contributed by atoms with Gasteiger partial charge >= 0.3 is 5.97 Å². The Balaban J connectivity index is 2.83. The van der Waals surface area contributed by atoms with Crippen LogP contribution in [0.4, 0.5) is 0 Å². The zero-order valence-electron chi connectivity index (χ0n) is 9.76. The summed E-state index contributed by atoms with van der Waals surface area (Å²) in [6, 6.07) is 1.94. The molecule has 15 heavy (non-hydrogen) atoms. The number of carbonyl (C=O) groups excluding carboxylic acids is 1. The van der Waals surface area contributed by atoms with Crippen LogP contribution in [0.5, 0.6) is 0 Å². The van der Waals surface area contributed by atoms with Crippen LogP contribution in [0, 0.1) is 20.8 Å². The molecule has 3 nitrogen and oxygen atoms in total. The predicted molar refractivity (Wildman–Crippen MR) is 58.8 cm³/mol. The summed E-state index contributed by atoms with van der Waals surface area (Å²) in [6.07, 6.45) is 0.260. The van der Waals surface area contributed by atoms with Crippen molar-refractivity contribution in [2.24, 2.45) is 0 Å². The molecule has 0 saturated carbocycles. The number of pyridine rings is 1. The van der Waals surface area contributed by atoms with Gasteiger partial charge in [0.2, 0.25) is 0 Å². The molecule has 1 rings (SSSR count). The van der Waals surface area contributed by atoms with Gasteiger partial charge in [0.05, 0.1) is 18.7 Å². The van der Waals surface area contributed by atoms with E-state index in [0.29, 0.717) is 6.61 Å². The molecule has 0 atom stereocenters. The van der Waals surface area contributed by atoms with Crippen molar-refractivity contribution in [2.75, 3.05) is 6.61 Å². The number of esters is 1. The maximum Gasteiger partial charge on any atom is 0.311 e. The molecule has 82 valence electrons. The highest BCUT2D eigenvalue weighted by molar-refractivity contribution is 5.72. The SMILES string of the molecule is CCOC(=O)Cc1cc(C)c(C)c(C)n1. The third-order valence-electron chi connectivity index (χ3n) is 2.46. The molecule has 1 heterocycles. The van der Waals surface area contributed by atoms with Gasteiger partial charge in [-0.25, -0.2) is 0 Å². The van der Waals surface area contributed by atoms with Crippen LogP contribution in [0.3, 0.4) is 0 Å². The number of nitrogens with zero attached hydrogens (tertiary/aromatic N) is 1. The topological polar surface area (TPSA) is 39.2 Å². The van der Waals surface area contributed by atoms with E-state index in [4.69, 9.17) is 4.74 Å². The lowest BCUT2D eigenvalue weighted by Crippen LogP contribution is -2.10. The Kier molecular flexibility index (Phi) is 3.83. The van der Waals surface area contributed by atoms with E-state index < -0.39 is 0 Å². The van der Waals surface area contributed by atoms with Crippen LogP contribution in [0.1, 0.15) is 29.4 Å². The average molecular weight is 207 g/mol. The Labute approximate surface area is 90.5 Å². The van der Waals surface area contributed by atoms with E-state index in [2.05, 4.69) is 4.98 Å². The minimum atomic E-state index is -0.215. The lowest BCUT2D eigenvalue weighted by Gasteiger charge is -2.07. The van der Waals surface area contributed by atoms with Crippen molar-refractivity contribution in [3.63, 3.8) is 0 Å². The number of carbonyl (C=O) groups is 1. The van der Waals surface area contributed by atoms with Crippen LogP contribution in [0.2, 0.25) is 0 Å². The molecule has 1 aromatic rings. The molecule has 0 aromatic carbocycles. The van der Waals surface area contributed by atoms with Crippen molar-refractivity contribution in [2.45, 2.75) is 34.1 Å². The van der Waals surface area contributed by atoms with Gasteiger partial charge in [-0.1, -0.05) is 0 Å². The first-order valence-corrected chi connectivity index (χ1v) is 5.14. The van der Waals surface area contributed by atoms with Gasteiger partial charge in [-0.15, -0.1) is 0 Å². The maximum atomic E-state index is 11.3. The van der Waals surface area contributed by atoms with Gasteiger partial charge in [-0.3, -0.25) is 9.78 Å². The van der Waals surface area contributed by atoms with Crippen LogP contribution in [-0.4, -0.2) is 17.6 Å². The molecule has 0 amide bonds. The highest BCUT2D eigenvalue weighted by atomic mass is 16.5. The van der Waals surface area contributed by atoms with Crippen LogP contribution < -0.4 is 0 Å². The predicted octanol–water partition coefficient (Wildman–Crippen LogP) is 2.11. The third-order valence-corrected chi connectivity index (χ3v) is 2.46. The highest BCUT2D eigenvalue weighted by Gasteiger charge is 2.08. The quantitative estimate of drug-likeness (QED) is 0.713. The van der Waals surface area contributed by atoms with E-state index in [1.54, 1.807) is 6.92 Å². The zero-order chi connectivity index (χ0) is 11.4. The Bertz CT molecular complexity index is 349. The Morgan fingerprint density at radius 2 is 2.07 bits per heavy atom. The van der Waals surface area contributed by atoms with Crippen molar-refractivity contribution in [3.8, 4) is 0 Å². The summed E-state index contributed by atoms with van der Waals surface area (Å²) < 4.78 is 4.88. The second-order valence-corrected chi connectivity index (χ2v) is 3.62. The van der Waals surface area contributed by atoms with E-state index in [-0.39, 0.29) is 12.4 Å². The van der Waals surface area contributed by atoms with Crippen LogP contribution in [0.15, 0.2) is 6.07 Å². The van der Waals surface area contributed by atoms with Gasteiger partial charge in [0.25, 0.3) is 0 Å². The molecule has 0 spiro atoms. The number of aryl methyl sites for hydroxylation is 2. The number of hydrogen-bond donors (Lipinski definition) is 0. The molecule has 0 aliphatic carbocycles. The van der Waals surface area contributed by atoms with Gasteiger partial charge in [0.1, 0.15) is 0 Å². The smallest absolute Gasteiger partial charge is 0.311 e. The second kappa shape index (κ2) is 4.91. The summed E-state index contributed by atoms with van der Waals surface area (Å²) in [4.78, 5) is 15.6. The van der Waals surface area contributed by atoms with E-state index in [1.165, 1.54) is 11.1 Å². The summed E-state index contributed by atoms with van der Waals surface area (Å²) in [5.41, 5.74) is 4.12. The monoisotopic (exact) mass is 207 g/mol. The van der Waals surface area contributed by atoms with Gasteiger partial charge in [-0.2, -0.15) is 0 Å². The summed E-state index contributed by atoms with van der Waals surface area (Å²) in [5, 5.41) is 0. The molecule has 0 radical (unpaired) electrons. The molecular weight excluding hydrogens is 190 g/mol. The van der Waals surface area contributed by atoms with E-state index in [9.17, 15) is 4.79 Å². The summed E-state index contributed by atoms with van der Waals surface area (Å²) in [6.45, 7) is 8.24. The molecule has 0 aliphatic heterocycles. The molecular formula is C12H17NO2. The number of ether oxygens (including phenoxy) is 1. The summed E-state index contributed by atoms with van der Waals surface area (Å²) >= 11 is 0. The van der Waals surface area contributed by atoms with E-state index in [0.717, 1.165) is 11.4 Å². The van der Waals surface area contributed by atoms with Gasteiger partial charge in [-0.05, 0) is 44.9 Å². The highest BCUT2D eigenvalue weighted by Crippen LogP contribution is 2.12. The normalized spacial score (nSPS) is 10.1. The molecule has 0 saturated heterocycles. The van der Waals surface area contributed by atoms with E-state index in [1.807, 2.05) is 26.8 Å². The Morgan fingerprint density at radius 3 is 2.60 bits per heavy atom. The van der Waals surface area contributed by atoms with Gasteiger partial charge in [0.15, 0.2) is 0 Å². The fourth-order valence-electron chi connectivity index (χ4n) is 1.43. The van der Waals surface area contributed by atoms with Crippen molar-refractivity contribution < 1.29 is 9.53 Å². The molecule has 0 N–H and O–H groups in total. The molecule has 1 aromatic heterocycles. The standard InChI is InChI=1S/C12H17NO2/c1-5-15-12(14)7-11-6-8(2)9(3)10(4)13-11/h6H,5,7H2,1-4H3. The van der Waals surface area contributed by atoms with Crippen molar-refractivity contribution in [1.29, 1.82) is 0 Å². The Morgan fingerprint density at radius 1 is 1.40 bits per heavy atom.